The minimum atomic E-state index is -4.76. The highest BCUT2D eigenvalue weighted by atomic mass is 19.4. The second-order valence-corrected chi connectivity index (χ2v) is 5.74. The Hall–Kier alpha value is -1.56. The molecule has 3 nitrogen and oxygen atoms in total. The van der Waals surface area contributed by atoms with Gasteiger partial charge in [-0.1, -0.05) is 30.3 Å². The van der Waals surface area contributed by atoms with Crippen LogP contribution in [0.1, 0.15) is 18.4 Å². The third-order valence-electron chi connectivity index (χ3n) is 4.21. The van der Waals surface area contributed by atoms with E-state index >= 15 is 0 Å². The highest BCUT2D eigenvalue weighted by molar-refractivity contribution is 5.81. The summed E-state index contributed by atoms with van der Waals surface area (Å²) in [5.41, 5.74) is 1.25. The highest BCUT2D eigenvalue weighted by Crippen LogP contribution is 2.23. The fourth-order valence-electron chi connectivity index (χ4n) is 2.82. The summed E-state index contributed by atoms with van der Waals surface area (Å²) in [6, 6.07) is 10.3. The second-order valence-electron chi connectivity index (χ2n) is 5.74. The van der Waals surface area contributed by atoms with Gasteiger partial charge in [0, 0.05) is 25.7 Å². The first-order valence-electron chi connectivity index (χ1n) is 7.48. The molecule has 1 amide bonds. The Morgan fingerprint density at radius 2 is 1.82 bits per heavy atom. The number of benzene rings is 1. The van der Waals surface area contributed by atoms with E-state index in [2.05, 4.69) is 17.0 Å². The van der Waals surface area contributed by atoms with E-state index in [4.69, 9.17) is 0 Å². The van der Waals surface area contributed by atoms with Gasteiger partial charge in [0.2, 0.25) is 0 Å². The molecular formula is C16H21F3N2O. The lowest BCUT2D eigenvalue weighted by Crippen LogP contribution is -2.49. The number of piperidine rings is 1. The van der Waals surface area contributed by atoms with Crippen molar-refractivity contribution < 1.29 is 18.0 Å². The molecule has 0 saturated carbocycles. The van der Waals surface area contributed by atoms with Crippen molar-refractivity contribution in [1.29, 1.82) is 0 Å². The molecule has 0 spiro atoms. The molecule has 1 aliphatic heterocycles. The molecule has 122 valence electrons. The van der Waals surface area contributed by atoms with E-state index in [-0.39, 0.29) is 19.1 Å². The predicted octanol–water partition coefficient (Wildman–Crippen LogP) is 2.71. The van der Waals surface area contributed by atoms with E-state index in [0.717, 1.165) is 17.9 Å². The van der Waals surface area contributed by atoms with Gasteiger partial charge in [0.15, 0.2) is 0 Å². The number of amides is 1. The summed E-state index contributed by atoms with van der Waals surface area (Å²) in [6.07, 6.45) is -2.66. The van der Waals surface area contributed by atoms with E-state index in [9.17, 15) is 18.0 Å². The summed E-state index contributed by atoms with van der Waals surface area (Å²) < 4.78 is 37.2. The number of nitrogens with zero attached hydrogens (tertiary/aromatic N) is 2. The van der Waals surface area contributed by atoms with Gasteiger partial charge >= 0.3 is 12.1 Å². The zero-order chi connectivity index (χ0) is 16.2. The summed E-state index contributed by atoms with van der Waals surface area (Å²) in [5.74, 6) is -1.71. The number of hydrogen-bond acceptors (Lipinski definition) is 2. The van der Waals surface area contributed by atoms with E-state index in [0.29, 0.717) is 12.8 Å². The van der Waals surface area contributed by atoms with Crippen molar-refractivity contribution in [2.45, 2.75) is 31.5 Å². The van der Waals surface area contributed by atoms with Gasteiger partial charge in [-0.3, -0.25) is 4.79 Å². The van der Waals surface area contributed by atoms with E-state index < -0.39 is 12.1 Å². The Bertz CT molecular complexity index is 482. The zero-order valence-corrected chi connectivity index (χ0v) is 12.6. The molecule has 1 aromatic carbocycles. The lowest BCUT2D eigenvalue weighted by Gasteiger charge is -2.37. The molecule has 0 radical (unpaired) electrons. The summed E-state index contributed by atoms with van der Waals surface area (Å²) in [4.78, 5) is 14.3. The van der Waals surface area contributed by atoms with Gasteiger partial charge in [-0.2, -0.15) is 13.2 Å². The van der Waals surface area contributed by atoms with Crippen LogP contribution in [0.25, 0.3) is 0 Å². The first-order chi connectivity index (χ1) is 10.4. The summed E-state index contributed by atoms with van der Waals surface area (Å²) >= 11 is 0. The third-order valence-corrected chi connectivity index (χ3v) is 4.21. The number of carbonyl (C=O) groups is 1. The van der Waals surface area contributed by atoms with Crippen LogP contribution in [-0.4, -0.2) is 54.6 Å². The van der Waals surface area contributed by atoms with Crippen molar-refractivity contribution in [1.82, 2.24) is 9.80 Å². The van der Waals surface area contributed by atoms with E-state index in [1.165, 1.54) is 5.56 Å². The maximum atomic E-state index is 12.4. The molecule has 1 aromatic rings. The summed E-state index contributed by atoms with van der Waals surface area (Å²) in [7, 11) is 1.99. The Kier molecular flexibility index (Phi) is 5.45. The highest BCUT2D eigenvalue weighted by Gasteiger charge is 2.43. The van der Waals surface area contributed by atoms with E-state index in [1.54, 1.807) is 0 Å². The van der Waals surface area contributed by atoms with Crippen LogP contribution >= 0.6 is 0 Å². The van der Waals surface area contributed by atoms with Gasteiger partial charge in [-0.15, -0.1) is 0 Å². The molecule has 0 N–H and O–H groups in total. The fourth-order valence-corrected chi connectivity index (χ4v) is 2.82. The van der Waals surface area contributed by atoms with Gasteiger partial charge in [-0.25, -0.2) is 0 Å². The van der Waals surface area contributed by atoms with Crippen molar-refractivity contribution in [3.63, 3.8) is 0 Å². The van der Waals surface area contributed by atoms with Crippen LogP contribution in [0.15, 0.2) is 30.3 Å². The van der Waals surface area contributed by atoms with Crippen LogP contribution in [0.3, 0.4) is 0 Å². The molecule has 0 atom stereocenters. The molecule has 22 heavy (non-hydrogen) atoms. The molecule has 0 aliphatic carbocycles. The number of carbonyl (C=O) groups excluding carboxylic acids is 1. The van der Waals surface area contributed by atoms with Crippen molar-refractivity contribution >= 4 is 5.91 Å². The summed E-state index contributed by atoms with van der Waals surface area (Å²) in [6.45, 7) is 1.22. The first-order valence-corrected chi connectivity index (χ1v) is 7.48. The van der Waals surface area contributed by atoms with Crippen LogP contribution in [0.2, 0.25) is 0 Å². The molecule has 0 bridgehead atoms. The van der Waals surface area contributed by atoms with Crippen LogP contribution < -0.4 is 0 Å². The smallest absolute Gasteiger partial charge is 0.335 e. The molecule has 6 heteroatoms. The molecule has 1 fully saturated rings. The molecule has 0 aromatic heterocycles. The number of likely N-dealkylation sites (tertiary alicyclic amines) is 1. The monoisotopic (exact) mass is 314 g/mol. The quantitative estimate of drug-likeness (QED) is 0.853. The van der Waals surface area contributed by atoms with Gasteiger partial charge in [-0.05, 0) is 31.9 Å². The van der Waals surface area contributed by atoms with Crippen LogP contribution in [0.5, 0.6) is 0 Å². The third kappa shape index (κ3) is 4.47. The molecule has 1 saturated heterocycles. The van der Waals surface area contributed by atoms with Crippen LogP contribution in [0, 0.1) is 0 Å². The second kappa shape index (κ2) is 7.13. The number of hydrogen-bond donors (Lipinski definition) is 0. The maximum absolute atomic E-state index is 12.4. The molecule has 0 unspecified atom stereocenters. The predicted molar refractivity (Wildman–Crippen MR) is 78.4 cm³/mol. The topological polar surface area (TPSA) is 23.6 Å². The van der Waals surface area contributed by atoms with Crippen molar-refractivity contribution in [3.05, 3.63) is 35.9 Å². The van der Waals surface area contributed by atoms with Crippen molar-refractivity contribution in [3.8, 4) is 0 Å². The number of halogens is 3. The fraction of sp³-hybridized carbons (Fsp3) is 0.562. The van der Waals surface area contributed by atoms with Gasteiger partial charge in [0.25, 0.3) is 0 Å². The zero-order valence-electron chi connectivity index (χ0n) is 12.6. The number of likely N-dealkylation sites (N-methyl/N-ethyl adjacent to an activating group) is 1. The first kappa shape index (κ1) is 16.8. The van der Waals surface area contributed by atoms with Gasteiger partial charge in [0.1, 0.15) is 0 Å². The molecule has 1 heterocycles. The standard InChI is InChI=1S/C16H21F3N2O/c1-20(10-7-13-5-3-2-4-6-13)14-8-11-21(12-9-14)15(22)16(17,18)19/h2-6,14H,7-12H2,1H3. The average Bonchev–Trinajstić information content (AvgIpc) is 2.52. The lowest BCUT2D eigenvalue weighted by molar-refractivity contribution is -0.186. The number of alkyl halides is 3. The minimum absolute atomic E-state index is 0.179. The molecule has 1 aliphatic rings. The minimum Gasteiger partial charge on any atom is -0.335 e. The maximum Gasteiger partial charge on any atom is 0.471 e. The van der Waals surface area contributed by atoms with Crippen LogP contribution in [0.4, 0.5) is 13.2 Å². The Balaban J connectivity index is 1.77. The van der Waals surface area contributed by atoms with Crippen molar-refractivity contribution in [2.24, 2.45) is 0 Å². The summed E-state index contributed by atoms with van der Waals surface area (Å²) in [5, 5.41) is 0. The van der Waals surface area contributed by atoms with Gasteiger partial charge in [0.05, 0.1) is 0 Å². The Morgan fingerprint density at radius 3 is 2.36 bits per heavy atom. The van der Waals surface area contributed by atoms with Crippen LogP contribution in [-0.2, 0) is 11.2 Å². The largest absolute Gasteiger partial charge is 0.471 e. The van der Waals surface area contributed by atoms with E-state index in [1.807, 2.05) is 25.2 Å². The Morgan fingerprint density at radius 1 is 1.23 bits per heavy atom. The lowest BCUT2D eigenvalue weighted by atomic mass is 10.0. The average molecular weight is 314 g/mol. The Labute approximate surface area is 128 Å². The molecular weight excluding hydrogens is 293 g/mol. The normalized spacial score (nSPS) is 17.0. The van der Waals surface area contributed by atoms with Crippen molar-refractivity contribution in [2.75, 3.05) is 26.7 Å². The molecule has 2 rings (SSSR count). The van der Waals surface area contributed by atoms with Gasteiger partial charge < -0.3 is 9.80 Å². The number of rotatable bonds is 4. The SMILES string of the molecule is CN(CCc1ccccc1)C1CCN(C(=O)C(F)(F)F)CC1.